The number of benzene rings is 1. The lowest BCUT2D eigenvalue weighted by atomic mass is 10.0. The summed E-state index contributed by atoms with van der Waals surface area (Å²) in [4.78, 5) is 9.90. The molecule has 3 heterocycles. The van der Waals surface area contributed by atoms with E-state index in [9.17, 15) is 13.2 Å². The zero-order chi connectivity index (χ0) is 21.8. The first kappa shape index (κ1) is 21.8. The van der Waals surface area contributed by atoms with Gasteiger partial charge < -0.3 is 19.7 Å². The molecule has 168 valence electrons. The minimum absolute atomic E-state index is 0.109. The third-order valence-electron chi connectivity index (χ3n) is 5.69. The molecular weight excluding hydrogens is 416 g/mol. The van der Waals surface area contributed by atoms with Gasteiger partial charge in [-0.25, -0.2) is 9.97 Å². The van der Waals surface area contributed by atoms with Crippen LogP contribution in [-0.2, 0) is 15.7 Å². The van der Waals surface area contributed by atoms with Gasteiger partial charge in [-0.3, -0.25) is 0 Å². The second-order valence-electron chi connectivity index (χ2n) is 7.70. The summed E-state index contributed by atoms with van der Waals surface area (Å²) in [5.74, 6) is 0.0371. The molecule has 6 nitrogen and oxygen atoms in total. The third-order valence-corrected chi connectivity index (χ3v) is 5.69. The number of aromatic nitrogens is 2. The monoisotopic (exact) mass is 440 g/mol. The number of alkyl halides is 3. The number of anilines is 2. The maximum Gasteiger partial charge on any atom is 0.416 e. The fourth-order valence-electron chi connectivity index (χ4n) is 3.90. The highest BCUT2D eigenvalue weighted by molar-refractivity contribution is 5.53. The van der Waals surface area contributed by atoms with E-state index in [0.29, 0.717) is 44.4 Å². The molecular formula is C21H24F4N4O2. The first-order valence-corrected chi connectivity index (χ1v) is 10.3. The topological polar surface area (TPSA) is 59.5 Å². The van der Waals surface area contributed by atoms with Crippen LogP contribution in [0, 0.1) is 11.7 Å². The summed E-state index contributed by atoms with van der Waals surface area (Å²) in [6.45, 7) is 2.94. The summed E-state index contributed by atoms with van der Waals surface area (Å²) in [6.07, 6.45) is -1.30. The Balaban J connectivity index is 1.53. The predicted octanol–water partition coefficient (Wildman–Crippen LogP) is 4.05. The van der Waals surface area contributed by atoms with E-state index in [1.807, 2.05) is 0 Å². The lowest BCUT2D eigenvalue weighted by molar-refractivity contribution is -0.137. The molecule has 2 fully saturated rings. The predicted molar refractivity (Wildman–Crippen MR) is 106 cm³/mol. The SMILES string of the molecule is Fc1c(NCC2CCOCC2)ncnc1N1CCOCC1c1ccc(C(F)(F)F)cc1. The Hall–Kier alpha value is -2.46. The van der Waals surface area contributed by atoms with Crippen molar-refractivity contribution >= 4 is 11.6 Å². The summed E-state index contributed by atoms with van der Waals surface area (Å²) in [5.41, 5.74) is -0.130. The second-order valence-corrected chi connectivity index (χ2v) is 7.70. The molecule has 1 unspecified atom stereocenters. The molecule has 0 saturated carbocycles. The molecule has 1 aromatic carbocycles. The Kier molecular flexibility index (Phi) is 6.57. The van der Waals surface area contributed by atoms with Gasteiger partial charge in [0.15, 0.2) is 11.6 Å². The van der Waals surface area contributed by atoms with Gasteiger partial charge in [-0.1, -0.05) is 12.1 Å². The summed E-state index contributed by atoms with van der Waals surface area (Å²) in [6, 6.07) is 4.40. The fraction of sp³-hybridized carbons (Fsp3) is 0.524. The van der Waals surface area contributed by atoms with Crippen LogP contribution >= 0.6 is 0 Å². The zero-order valence-corrected chi connectivity index (χ0v) is 16.9. The van der Waals surface area contributed by atoms with Crippen LogP contribution in [0.3, 0.4) is 0 Å². The number of halogens is 4. The molecule has 2 aliphatic heterocycles. The Bertz CT molecular complexity index is 873. The van der Waals surface area contributed by atoms with Crippen molar-refractivity contribution < 1.29 is 27.0 Å². The molecule has 2 aliphatic rings. The molecule has 1 aromatic heterocycles. The molecule has 0 bridgehead atoms. The molecule has 1 N–H and O–H groups in total. The molecule has 0 radical (unpaired) electrons. The van der Waals surface area contributed by atoms with Crippen LogP contribution in [0.5, 0.6) is 0 Å². The van der Waals surface area contributed by atoms with Crippen LogP contribution in [0.15, 0.2) is 30.6 Å². The number of hydrogen-bond acceptors (Lipinski definition) is 6. The van der Waals surface area contributed by atoms with E-state index < -0.39 is 23.6 Å². The summed E-state index contributed by atoms with van der Waals surface area (Å²) in [5, 5.41) is 3.08. The Morgan fingerprint density at radius 2 is 1.77 bits per heavy atom. The summed E-state index contributed by atoms with van der Waals surface area (Å²) < 4.78 is 64.8. The molecule has 2 aromatic rings. The standard InChI is InChI=1S/C21H24F4N4O2/c22-18-19(26-11-14-5-8-30-9-6-14)27-13-28-20(18)29-7-10-31-12-17(29)15-1-3-16(4-2-15)21(23,24)25/h1-4,13-14,17H,5-12H2,(H,26,27,28). The zero-order valence-electron chi connectivity index (χ0n) is 16.9. The van der Waals surface area contributed by atoms with Gasteiger partial charge in [-0.2, -0.15) is 17.6 Å². The highest BCUT2D eigenvalue weighted by Crippen LogP contribution is 2.34. The molecule has 4 rings (SSSR count). The highest BCUT2D eigenvalue weighted by atomic mass is 19.4. The smallest absolute Gasteiger partial charge is 0.381 e. The van der Waals surface area contributed by atoms with Gasteiger partial charge in [0.1, 0.15) is 6.33 Å². The minimum Gasteiger partial charge on any atom is -0.381 e. The van der Waals surface area contributed by atoms with Crippen LogP contribution < -0.4 is 10.2 Å². The Morgan fingerprint density at radius 3 is 2.48 bits per heavy atom. The van der Waals surface area contributed by atoms with Gasteiger partial charge in [0, 0.05) is 26.3 Å². The van der Waals surface area contributed by atoms with Crippen molar-refractivity contribution in [3.8, 4) is 0 Å². The van der Waals surface area contributed by atoms with Gasteiger partial charge in [-0.05, 0) is 36.5 Å². The van der Waals surface area contributed by atoms with E-state index in [4.69, 9.17) is 9.47 Å². The van der Waals surface area contributed by atoms with E-state index >= 15 is 4.39 Å². The first-order chi connectivity index (χ1) is 14.9. The van der Waals surface area contributed by atoms with Crippen LogP contribution in [0.1, 0.15) is 30.0 Å². The van der Waals surface area contributed by atoms with Crippen molar-refractivity contribution in [2.75, 3.05) is 49.7 Å². The number of hydrogen-bond donors (Lipinski definition) is 1. The first-order valence-electron chi connectivity index (χ1n) is 10.3. The summed E-state index contributed by atoms with van der Waals surface area (Å²) in [7, 11) is 0. The average molecular weight is 440 g/mol. The molecule has 0 spiro atoms. The molecule has 0 aliphatic carbocycles. The lowest BCUT2D eigenvalue weighted by Gasteiger charge is -2.37. The van der Waals surface area contributed by atoms with Crippen LogP contribution in [0.25, 0.3) is 0 Å². The fourth-order valence-corrected chi connectivity index (χ4v) is 3.90. The van der Waals surface area contributed by atoms with Crippen LogP contribution in [-0.4, -0.2) is 49.5 Å². The Labute approximate surface area is 177 Å². The maximum atomic E-state index is 15.3. The van der Waals surface area contributed by atoms with Gasteiger partial charge in [0.25, 0.3) is 0 Å². The van der Waals surface area contributed by atoms with E-state index in [-0.39, 0.29) is 18.2 Å². The highest BCUT2D eigenvalue weighted by Gasteiger charge is 2.32. The second kappa shape index (κ2) is 9.35. The van der Waals surface area contributed by atoms with Crippen LogP contribution in [0.4, 0.5) is 29.2 Å². The molecule has 10 heteroatoms. The van der Waals surface area contributed by atoms with Crippen molar-refractivity contribution in [3.05, 3.63) is 47.5 Å². The average Bonchev–Trinajstić information content (AvgIpc) is 2.79. The largest absolute Gasteiger partial charge is 0.416 e. The van der Waals surface area contributed by atoms with Crippen molar-refractivity contribution in [2.24, 2.45) is 5.92 Å². The Morgan fingerprint density at radius 1 is 1.03 bits per heavy atom. The van der Waals surface area contributed by atoms with Crippen molar-refractivity contribution in [2.45, 2.75) is 25.1 Å². The number of ether oxygens (including phenoxy) is 2. The molecule has 1 atom stereocenters. The van der Waals surface area contributed by atoms with Crippen LogP contribution in [0.2, 0.25) is 0 Å². The van der Waals surface area contributed by atoms with E-state index in [2.05, 4.69) is 15.3 Å². The number of nitrogens with one attached hydrogen (secondary N) is 1. The van der Waals surface area contributed by atoms with Crippen molar-refractivity contribution in [1.82, 2.24) is 9.97 Å². The normalized spacial score (nSPS) is 20.6. The number of morpholine rings is 1. The summed E-state index contributed by atoms with van der Waals surface area (Å²) >= 11 is 0. The van der Waals surface area contributed by atoms with Gasteiger partial charge in [-0.15, -0.1) is 0 Å². The maximum absolute atomic E-state index is 15.3. The van der Waals surface area contributed by atoms with E-state index in [1.54, 1.807) is 4.90 Å². The third kappa shape index (κ3) is 5.07. The van der Waals surface area contributed by atoms with Gasteiger partial charge >= 0.3 is 6.18 Å². The van der Waals surface area contributed by atoms with E-state index in [1.165, 1.54) is 18.5 Å². The quantitative estimate of drug-likeness (QED) is 0.708. The van der Waals surface area contributed by atoms with Crippen molar-refractivity contribution in [1.29, 1.82) is 0 Å². The van der Waals surface area contributed by atoms with E-state index in [0.717, 1.165) is 25.0 Å². The van der Waals surface area contributed by atoms with Gasteiger partial charge in [0.05, 0.1) is 24.8 Å². The van der Waals surface area contributed by atoms with Gasteiger partial charge in [0.2, 0.25) is 5.82 Å². The molecule has 0 amide bonds. The number of rotatable bonds is 5. The molecule has 2 saturated heterocycles. The molecule has 31 heavy (non-hydrogen) atoms. The number of nitrogens with zero attached hydrogens (tertiary/aromatic N) is 3. The van der Waals surface area contributed by atoms with Crippen molar-refractivity contribution in [3.63, 3.8) is 0 Å². The lowest BCUT2D eigenvalue weighted by Crippen LogP contribution is -2.40. The minimum atomic E-state index is -4.41.